The number of carbonyl (C=O) groups excluding carboxylic acids is 1. The quantitative estimate of drug-likeness (QED) is 0.604. The van der Waals surface area contributed by atoms with Crippen LogP contribution in [0.5, 0.6) is 0 Å². The van der Waals surface area contributed by atoms with E-state index in [1.807, 2.05) is 0 Å². The third kappa shape index (κ3) is 5.72. The molecule has 20 heavy (non-hydrogen) atoms. The first-order valence-corrected chi connectivity index (χ1v) is 7.45. The van der Waals surface area contributed by atoms with E-state index in [0.717, 1.165) is 65.3 Å². The van der Waals surface area contributed by atoms with Crippen molar-refractivity contribution in [1.29, 1.82) is 0 Å². The molecule has 2 N–H and O–H groups in total. The molecule has 0 aromatic heterocycles. The van der Waals surface area contributed by atoms with Crippen molar-refractivity contribution in [2.75, 3.05) is 72.1 Å². The fourth-order valence-electron chi connectivity index (χ4n) is 2.40. The van der Waals surface area contributed by atoms with Gasteiger partial charge >= 0.3 is 0 Å². The number of amides is 1. The minimum absolute atomic E-state index is 0.0755. The number of carbonyl (C=O) groups is 1. The zero-order chi connectivity index (χ0) is 14.0. The normalized spacial score (nSPS) is 25.1. The predicted molar refractivity (Wildman–Crippen MR) is 75.5 cm³/mol. The van der Waals surface area contributed by atoms with Gasteiger partial charge in [-0.05, 0) is 0 Å². The second-order valence-electron chi connectivity index (χ2n) is 5.11. The van der Waals surface area contributed by atoms with E-state index in [1.165, 1.54) is 0 Å². The SMILES string of the molecule is O=CN1CCNCCN(CC2OCCO2)CCNCC1. The van der Waals surface area contributed by atoms with Gasteiger partial charge in [0, 0.05) is 58.9 Å². The second-order valence-corrected chi connectivity index (χ2v) is 5.11. The lowest BCUT2D eigenvalue weighted by Crippen LogP contribution is -2.44. The summed E-state index contributed by atoms with van der Waals surface area (Å²) in [5.74, 6) is 0. The van der Waals surface area contributed by atoms with Gasteiger partial charge in [-0.1, -0.05) is 0 Å². The van der Waals surface area contributed by atoms with Gasteiger partial charge in [0.1, 0.15) is 0 Å². The molecule has 2 saturated heterocycles. The molecule has 0 spiro atoms. The number of hydrogen-bond acceptors (Lipinski definition) is 6. The molecule has 2 aliphatic heterocycles. The first-order valence-electron chi connectivity index (χ1n) is 7.45. The summed E-state index contributed by atoms with van der Waals surface area (Å²) in [7, 11) is 0. The summed E-state index contributed by atoms with van der Waals surface area (Å²) in [6.45, 7) is 9.19. The molecule has 0 radical (unpaired) electrons. The van der Waals surface area contributed by atoms with Gasteiger partial charge in [0.25, 0.3) is 0 Å². The first kappa shape index (κ1) is 15.7. The maximum Gasteiger partial charge on any atom is 0.209 e. The van der Waals surface area contributed by atoms with Crippen LogP contribution < -0.4 is 10.6 Å². The van der Waals surface area contributed by atoms with Gasteiger partial charge in [-0.15, -0.1) is 0 Å². The van der Waals surface area contributed by atoms with Crippen molar-refractivity contribution >= 4 is 6.41 Å². The zero-order valence-electron chi connectivity index (χ0n) is 12.1. The van der Waals surface area contributed by atoms with Gasteiger partial charge in [-0.3, -0.25) is 9.69 Å². The molecule has 0 atom stereocenters. The van der Waals surface area contributed by atoms with Crippen LogP contribution in [0, 0.1) is 0 Å². The van der Waals surface area contributed by atoms with Gasteiger partial charge < -0.3 is 25.0 Å². The number of ether oxygens (including phenoxy) is 2. The van der Waals surface area contributed by atoms with Gasteiger partial charge in [0.15, 0.2) is 6.29 Å². The van der Waals surface area contributed by atoms with Crippen LogP contribution in [0.25, 0.3) is 0 Å². The van der Waals surface area contributed by atoms with Crippen molar-refractivity contribution < 1.29 is 14.3 Å². The molecular formula is C13H26N4O3. The van der Waals surface area contributed by atoms with Gasteiger partial charge in [-0.2, -0.15) is 0 Å². The summed E-state index contributed by atoms with van der Waals surface area (Å²) in [5.41, 5.74) is 0. The Morgan fingerprint density at radius 1 is 0.950 bits per heavy atom. The molecule has 0 bridgehead atoms. The Hall–Kier alpha value is -0.730. The molecule has 2 rings (SSSR count). The van der Waals surface area contributed by atoms with E-state index in [0.29, 0.717) is 13.2 Å². The average Bonchev–Trinajstić information content (AvgIpc) is 2.95. The van der Waals surface area contributed by atoms with Crippen molar-refractivity contribution in [1.82, 2.24) is 20.4 Å². The van der Waals surface area contributed by atoms with Crippen LogP contribution in [0.4, 0.5) is 0 Å². The third-order valence-corrected chi connectivity index (χ3v) is 3.61. The molecular weight excluding hydrogens is 260 g/mol. The highest BCUT2D eigenvalue weighted by Gasteiger charge is 2.19. The molecule has 7 nitrogen and oxygen atoms in total. The van der Waals surface area contributed by atoms with E-state index < -0.39 is 0 Å². The van der Waals surface area contributed by atoms with Crippen molar-refractivity contribution in [2.45, 2.75) is 6.29 Å². The number of hydrogen-bond donors (Lipinski definition) is 2. The van der Waals surface area contributed by atoms with Crippen molar-refractivity contribution in [3.8, 4) is 0 Å². The Labute approximate surface area is 120 Å². The minimum atomic E-state index is -0.0755. The minimum Gasteiger partial charge on any atom is -0.349 e. The summed E-state index contributed by atoms with van der Waals surface area (Å²) < 4.78 is 11.0. The Bertz CT molecular complexity index is 260. The molecule has 7 heteroatoms. The van der Waals surface area contributed by atoms with Crippen LogP contribution >= 0.6 is 0 Å². The number of nitrogens with one attached hydrogen (secondary N) is 2. The Balaban J connectivity index is 1.72. The average molecular weight is 286 g/mol. The highest BCUT2D eigenvalue weighted by atomic mass is 16.7. The third-order valence-electron chi connectivity index (χ3n) is 3.61. The van der Waals surface area contributed by atoms with Crippen LogP contribution in [0.15, 0.2) is 0 Å². The highest BCUT2D eigenvalue weighted by Crippen LogP contribution is 2.05. The molecule has 2 heterocycles. The van der Waals surface area contributed by atoms with Crippen LogP contribution in [0.2, 0.25) is 0 Å². The highest BCUT2D eigenvalue weighted by molar-refractivity contribution is 5.46. The van der Waals surface area contributed by atoms with Crippen molar-refractivity contribution in [3.05, 3.63) is 0 Å². The van der Waals surface area contributed by atoms with Crippen molar-refractivity contribution in [3.63, 3.8) is 0 Å². The number of rotatable bonds is 3. The predicted octanol–water partition coefficient (Wildman–Crippen LogP) is -1.69. The second kappa shape index (κ2) is 9.25. The van der Waals surface area contributed by atoms with E-state index in [4.69, 9.17) is 9.47 Å². The van der Waals surface area contributed by atoms with E-state index in [9.17, 15) is 4.79 Å². The van der Waals surface area contributed by atoms with Crippen molar-refractivity contribution in [2.24, 2.45) is 0 Å². The van der Waals surface area contributed by atoms with Gasteiger partial charge in [-0.25, -0.2) is 0 Å². The molecule has 0 aromatic rings. The molecule has 0 saturated carbocycles. The molecule has 2 aliphatic rings. The Kier molecular flexibility index (Phi) is 7.24. The maximum atomic E-state index is 10.9. The van der Waals surface area contributed by atoms with Gasteiger partial charge in [0.2, 0.25) is 6.41 Å². The smallest absolute Gasteiger partial charge is 0.209 e. The first-order chi connectivity index (χ1) is 9.88. The monoisotopic (exact) mass is 286 g/mol. The lowest BCUT2D eigenvalue weighted by atomic mass is 10.4. The largest absolute Gasteiger partial charge is 0.349 e. The lowest BCUT2D eigenvalue weighted by molar-refractivity contribution is -0.118. The molecule has 0 unspecified atom stereocenters. The summed E-state index contributed by atoms with van der Waals surface area (Å²) in [5, 5.41) is 6.76. The fraction of sp³-hybridized carbons (Fsp3) is 0.923. The molecule has 1 amide bonds. The lowest BCUT2D eigenvalue weighted by Gasteiger charge is -2.26. The molecule has 0 aromatic carbocycles. The standard InChI is InChI=1S/C13H26N4O3/c18-12-17-7-3-14-1-5-16(6-2-15-4-8-17)11-13-19-9-10-20-13/h12-15H,1-11H2. The maximum absolute atomic E-state index is 10.9. The summed E-state index contributed by atoms with van der Waals surface area (Å²) >= 11 is 0. The van der Waals surface area contributed by atoms with E-state index >= 15 is 0 Å². The topological polar surface area (TPSA) is 66.1 Å². The van der Waals surface area contributed by atoms with Crippen LogP contribution in [-0.4, -0.2) is 94.6 Å². The molecule has 2 fully saturated rings. The van der Waals surface area contributed by atoms with Crippen LogP contribution in [0.1, 0.15) is 0 Å². The summed E-state index contributed by atoms with van der Waals surface area (Å²) in [4.78, 5) is 15.0. The summed E-state index contributed by atoms with van der Waals surface area (Å²) in [6, 6.07) is 0. The number of nitrogens with zero attached hydrogens (tertiary/aromatic N) is 2. The molecule has 0 aliphatic carbocycles. The summed E-state index contributed by atoms with van der Waals surface area (Å²) in [6.07, 6.45) is 0.851. The van der Waals surface area contributed by atoms with E-state index in [1.54, 1.807) is 4.90 Å². The van der Waals surface area contributed by atoms with Crippen LogP contribution in [-0.2, 0) is 14.3 Å². The van der Waals surface area contributed by atoms with E-state index in [-0.39, 0.29) is 6.29 Å². The van der Waals surface area contributed by atoms with Gasteiger partial charge in [0.05, 0.1) is 13.2 Å². The van der Waals surface area contributed by atoms with Crippen LogP contribution in [0.3, 0.4) is 0 Å². The van der Waals surface area contributed by atoms with E-state index in [2.05, 4.69) is 15.5 Å². The zero-order valence-corrected chi connectivity index (χ0v) is 12.1. The Morgan fingerprint density at radius 2 is 1.50 bits per heavy atom. The Morgan fingerprint density at radius 3 is 2.05 bits per heavy atom. The molecule has 116 valence electrons. The fourth-order valence-corrected chi connectivity index (χ4v) is 2.40.